The van der Waals surface area contributed by atoms with Crippen molar-refractivity contribution in [1.82, 2.24) is 14.5 Å². The van der Waals surface area contributed by atoms with E-state index in [0.29, 0.717) is 13.1 Å². The highest BCUT2D eigenvalue weighted by molar-refractivity contribution is 5.83. The van der Waals surface area contributed by atoms with Crippen LogP contribution in [0.25, 0.3) is 10.9 Å². The van der Waals surface area contributed by atoms with Crippen LogP contribution in [0.3, 0.4) is 0 Å². The number of hydrogen-bond acceptors (Lipinski definition) is 3. The van der Waals surface area contributed by atoms with Gasteiger partial charge in [-0.15, -0.1) is 0 Å². The van der Waals surface area contributed by atoms with Crippen molar-refractivity contribution in [2.24, 2.45) is 5.73 Å². The molecular formula is C14H14N4. The van der Waals surface area contributed by atoms with Gasteiger partial charge in [-0.2, -0.15) is 0 Å². The zero-order valence-corrected chi connectivity index (χ0v) is 9.95. The Hall–Kier alpha value is -2.20. The monoisotopic (exact) mass is 238 g/mol. The van der Waals surface area contributed by atoms with E-state index in [1.54, 1.807) is 12.4 Å². The van der Waals surface area contributed by atoms with E-state index in [1.807, 2.05) is 12.1 Å². The van der Waals surface area contributed by atoms with E-state index in [0.717, 1.165) is 5.82 Å². The van der Waals surface area contributed by atoms with Gasteiger partial charge in [-0.05, 0) is 23.8 Å². The summed E-state index contributed by atoms with van der Waals surface area (Å²) in [6.45, 7) is 1.24. The lowest BCUT2D eigenvalue weighted by atomic mass is 10.1. The van der Waals surface area contributed by atoms with Crippen molar-refractivity contribution >= 4 is 10.9 Å². The van der Waals surface area contributed by atoms with Gasteiger partial charge in [-0.3, -0.25) is 0 Å². The summed E-state index contributed by atoms with van der Waals surface area (Å²) in [7, 11) is 0. The van der Waals surface area contributed by atoms with Crippen LogP contribution < -0.4 is 5.73 Å². The van der Waals surface area contributed by atoms with E-state index in [2.05, 4.69) is 38.9 Å². The molecular weight excluding hydrogens is 224 g/mol. The molecule has 0 saturated heterocycles. The predicted octanol–water partition coefficient (Wildman–Crippen LogP) is 1.94. The van der Waals surface area contributed by atoms with Gasteiger partial charge in [0.1, 0.15) is 5.82 Å². The van der Waals surface area contributed by atoms with Crippen LogP contribution >= 0.6 is 0 Å². The minimum absolute atomic E-state index is 0.559. The maximum Gasteiger partial charge on any atom is 0.147 e. The van der Waals surface area contributed by atoms with Crippen LogP contribution in [-0.2, 0) is 13.1 Å². The molecule has 0 aliphatic heterocycles. The SMILES string of the molecule is NCc1cccc2c1ccn2Cc1ncccn1. The summed E-state index contributed by atoms with van der Waals surface area (Å²) in [5, 5.41) is 1.20. The molecule has 0 radical (unpaired) electrons. The second kappa shape index (κ2) is 4.58. The van der Waals surface area contributed by atoms with Gasteiger partial charge in [0.05, 0.1) is 6.54 Å². The van der Waals surface area contributed by atoms with E-state index in [4.69, 9.17) is 5.73 Å². The van der Waals surface area contributed by atoms with Crippen LogP contribution in [0.15, 0.2) is 48.9 Å². The molecule has 0 bridgehead atoms. The van der Waals surface area contributed by atoms with Crippen LogP contribution in [0.5, 0.6) is 0 Å². The third-order valence-electron chi connectivity index (χ3n) is 3.05. The number of benzene rings is 1. The highest BCUT2D eigenvalue weighted by Gasteiger charge is 2.05. The Labute approximate surface area is 105 Å². The molecule has 4 nitrogen and oxygen atoms in total. The number of nitrogens with two attached hydrogens (primary N) is 1. The Morgan fingerprint density at radius 2 is 1.89 bits per heavy atom. The fourth-order valence-electron chi connectivity index (χ4n) is 2.17. The van der Waals surface area contributed by atoms with Crippen LogP contribution in [0.1, 0.15) is 11.4 Å². The van der Waals surface area contributed by atoms with Crippen LogP contribution in [0, 0.1) is 0 Å². The fraction of sp³-hybridized carbons (Fsp3) is 0.143. The molecule has 3 aromatic rings. The summed E-state index contributed by atoms with van der Waals surface area (Å²) < 4.78 is 2.14. The van der Waals surface area contributed by atoms with E-state index in [1.165, 1.54) is 16.5 Å². The Balaban J connectivity index is 2.03. The Kier molecular flexibility index (Phi) is 2.78. The lowest BCUT2D eigenvalue weighted by Crippen LogP contribution is -2.02. The Bertz CT molecular complexity index is 658. The molecule has 18 heavy (non-hydrogen) atoms. The number of aromatic nitrogens is 3. The second-order valence-corrected chi connectivity index (χ2v) is 4.16. The van der Waals surface area contributed by atoms with Crippen molar-refractivity contribution in [2.45, 2.75) is 13.1 Å². The molecule has 4 heteroatoms. The quantitative estimate of drug-likeness (QED) is 0.758. The van der Waals surface area contributed by atoms with E-state index in [9.17, 15) is 0 Å². The van der Waals surface area contributed by atoms with Gasteiger partial charge in [-0.1, -0.05) is 12.1 Å². The highest BCUT2D eigenvalue weighted by Crippen LogP contribution is 2.20. The first kappa shape index (κ1) is 10.9. The van der Waals surface area contributed by atoms with Gasteiger partial charge >= 0.3 is 0 Å². The maximum atomic E-state index is 5.74. The van der Waals surface area contributed by atoms with Crippen LogP contribution in [0.4, 0.5) is 0 Å². The van der Waals surface area contributed by atoms with E-state index >= 15 is 0 Å². The largest absolute Gasteiger partial charge is 0.340 e. The number of nitrogens with zero attached hydrogens (tertiary/aromatic N) is 3. The highest BCUT2D eigenvalue weighted by atomic mass is 15.0. The standard InChI is InChI=1S/C14H14N4/c15-9-11-3-1-4-13-12(11)5-8-18(13)10-14-16-6-2-7-17-14/h1-8H,9-10,15H2. The second-order valence-electron chi connectivity index (χ2n) is 4.16. The van der Waals surface area contributed by atoms with Crippen molar-refractivity contribution in [1.29, 1.82) is 0 Å². The van der Waals surface area contributed by atoms with Crippen molar-refractivity contribution in [2.75, 3.05) is 0 Å². The molecule has 0 aliphatic rings. The summed E-state index contributed by atoms with van der Waals surface area (Å²) in [4.78, 5) is 8.49. The average Bonchev–Trinajstić information content (AvgIpc) is 2.83. The van der Waals surface area contributed by atoms with Crippen molar-refractivity contribution < 1.29 is 0 Å². The third-order valence-corrected chi connectivity index (χ3v) is 3.05. The van der Waals surface area contributed by atoms with Gasteiger partial charge in [-0.25, -0.2) is 9.97 Å². The van der Waals surface area contributed by atoms with Crippen molar-refractivity contribution in [3.63, 3.8) is 0 Å². The lowest BCUT2D eigenvalue weighted by molar-refractivity contribution is 0.771. The van der Waals surface area contributed by atoms with Gasteiger partial charge in [0.25, 0.3) is 0 Å². The zero-order valence-electron chi connectivity index (χ0n) is 9.95. The minimum atomic E-state index is 0.559. The lowest BCUT2D eigenvalue weighted by Gasteiger charge is -2.05. The van der Waals surface area contributed by atoms with Crippen molar-refractivity contribution in [3.05, 3.63) is 60.3 Å². The minimum Gasteiger partial charge on any atom is -0.340 e. The molecule has 0 fully saturated rings. The van der Waals surface area contributed by atoms with E-state index < -0.39 is 0 Å². The molecule has 3 rings (SSSR count). The molecule has 0 amide bonds. The summed E-state index contributed by atoms with van der Waals surface area (Å²) in [5.41, 5.74) is 8.08. The number of hydrogen-bond donors (Lipinski definition) is 1. The normalized spacial score (nSPS) is 10.9. The summed E-state index contributed by atoms with van der Waals surface area (Å²) in [5.74, 6) is 0.813. The predicted molar refractivity (Wildman–Crippen MR) is 71.0 cm³/mol. The average molecular weight is 238 g/mol. The van der Waals surface area contributed by atoms with Crippen LogP contribution in [-0.4, -0.2) is 14.5 Å². The van der Waals surface area contributed by atoms with Crippen molar-refractivity contribution in [3.8, 4) is 0 Å². The summed E-state index contributed by atoms with van der Waals surface area (Å²) in [6, 6.07) is 10.1. The molecule has 90 valence electrons. The first-order chi connectivity index (χ1) is 8.88. The first-order valence-electron chi connectivity index (χ1n) is 5.91. The Morgan fingerprint density at radius 3 is 2.67 bits per heavy atom. The smallest absolute Gasteiger partial charge is 0.147 e. The Morgan fingerprint density at radius 1 is 1.06 bits per heavy atom. The summed E-state index contributed by atoms with van der Waals surface area (Å²) >= 11 is 0. The van der Waals surface area contributed by atoms with Gasteiger partial charge in [0.15, 0.2) is 0 Å². The zero-order chi connectivity index (χ0) is 12.4. The topological polar surface area (TPSA) is 56.7 Å². The molecule has 2 aromatic heterocycles. The molecule has 0 spiro atoms. The molecule has 1 aromatic carbocycles. The van der Waals surface area contributed by atoms with Gasteiger partial charge in [0.2, 0.25) is 0 Å². The van der Waals surface area contributed by atoms with Gasteiger partial charge in [0, 0.05) is 36.0 Å². The van der Waals surface area contributed by atoms with Gasteiger partial charge < -0.3 is 10.3 Å². The maximum absolute atomic E-state index is 5.74. The molecule has 2 N–H and O–H groups in total. The first-order valence-corrected chi connectivity index (χ1v) is 5.91. The summed E-state index contributed by atoms with van der Waals surface area (Å²) in [6.07, 6.45) is 5.58. The number of fused-ring (bicyclic) bond motifs is 1. The molecule has 0 unspecified atom stereocenters. The molecule has 0 saturated carbocycles. The molecule has 0 atom stereocenters. The molecule has 0 aliphatic carbocycles. The van der Waals surface area contributed by atoms with E-state index in [-0.39, 0.29) is 0 Å². The number of rotatable bonds is 3. The van der Waals surface area contributed by atoms with Crippen LogP contribution in [0.2, 0.25) is 0 Å². The molecule has 2 heterocycles. The fourth-order valence-corrected chi connectivity index (χ4v) is 2.17. The third kappa shape index (κ3) is 1.87.